The number of esters is 1. The van der Waals surface area contributed by atoms with Gasteiger partial charge < -0.3 is 4.74 Å². The predicted octanol–water partition coefficient (Wildman–Crippen LogP) is 2.15. The molecule has 0 unspecified atom stereocenters. The summed E-state index contributed by atoms with van der Waals surface area (Å²) in [7, 11) is 0. The van der Waals surface area contributed by atoms with Crippen LogP contribution in [0.3, 0.4) is 0 Å². The van der Waals surface area contributed by atoms with Crippen LogP contribution in [0.1, 0.15) is 18.1 Å². The smallest absolute Gasteiger partial charge is 0.310 e. The maximum atomic E-state index is 13.2. The van der Waals surface area contributed by atoms with Crippen LogP contribution in [0.5, 0.6) is 0 Å². The summed E-state index contributed by atoms with van der Waals surface area (Å²) in [5, 5.41) is 10.7. The first kappa shape index (κ1) is 13.1. The molecule has 0 aliphatic heterocycles. The van der Waals surface area contributed by atoms with Crippen LogP contribution in [-0.4, -0.2) is 17.5 Å². The van der Waals surface area contributed by atoms with Crippen LogP contribution in [0.4, 0.5) is 10.1 Å². The quantitative estimate of drug-likeness (QED) is 0.460. The summed E-state index contributed by atoms with van der Waals surface area (Å²) in [5.41, 5.74) is 0.0170. The summed E-state index contributed by atoms with van der Waals surface area (Å²) < 4.78 is 17.9. The first-order valence-electron chi connectivity index (χ1n) is 5.04. The molecule has 0 aromatic heterocycles. The van der Waals surface area contributed by atoms with Crippen molar-refractivity contribution in [2.75, 3.05) is 6.61 Å². The number of nitro groups is 1. The van der Waals surface area contributed by atoms with Gasteiger partial charge in [-0.1, -0.05) is 0 Å². The zero-order valence-electron chi connectivity index (χ0n) is 9.53. The lowest BCUT2D eigenvalue weighted by Crippen LogP contribution is -2.09. The molecule has 5 nitrogen and oxygen atoms in total. The van der Waals surface area contributed by atoms with E-state index in [1.807, 2.05) is 0 Å². The van der Waals surface area contributed by atoms with Crippen molar-refractivity contribution in [1.29, 1.82) is 0 Å². The first-order chi connectivity index (χ1) is 7.95. The molecule has 1 aromatic rings. The molecule has 17 heavy (non-hydrogen) atoms. The van der Waals surface area contributed by atoms with Gasteiger partial charge in [0.25, 0.3) is 5.69 Å². The van der Waals surface area contributed by atoms with E-state index >= 15 is 0 Å². The predicted molar refractivity (Wildman–Crippen MR) is 58.1 cm³/mol. The van der Waals surface area contributed by atoms with Gasteiger partial charge in [-0.2, -0.15) is 0 Å². The first-order valence-corrected chi connectivity index (χ1v) is 5.04. The van der Waals surface area contributed by atoms with Crippen LogP contribution in [0.2, 0.25) is 0 Å². The number of nitrogens with zero attached hydrogens (tertiary/aromatic N) is 1. The number of halogens is 1. The molecule has 0 amide bonds. The molecular formula is C11H12FNO4. The highest BCUT2D eigenvalue weighted by Gasteiger charge is 2.19. The summed E-state index contributed by atoms with van der Waals surface area (Å²) in [6, 6.07) is 2.12. The van der Waals surface area contributed by atoms with Gasteiger partial charge in [-0.05, 0) is 25.5 Å². The van der Waals surface area contributed by atoms with Crippen LogP contribution in [-0.2, 0) is 16.0 Å². The third-order valence-corrected chi connectivity index (χ3v) is 2.20. The van der Waals surface area contributed by atoms with Gasteiger partial charge in [0.15, 0.2) is 0 Å². The summed E-state index contributed by atoms with van der Waals surface area (Å²) in [5.74, 6) is -1.23. The lowest BCUT2D eigenvalue weighted by Gasteiger charge is -2.05. The molecule has 6 heteroatoms. The monoisotopic (exact) mass is 241 g/mol. The second-order valence-corrected chi connectivity index (χ2v) is 3.47. The lowest BCUT2D eigenvalue weighted by atomic mass is 10.1. The second-order valence-electron chi connectivity index (χ2n) is 3.47. The Hall–Kier alpha value is -1.98. The van der Waals surface area contributed by atoms with Crippen molar-refractivity contribution < 1.29 is 18.8 Å². The molecule has 0 bridgehead atoms. The van der Waals surface area contributed by atoms with Crippen molar-refractivity contribution in [3.63, 3.8) is 0 Å². The molecular weight excluding hydrogens is 229 g/mol. The Morgan fingerprint density at radius 1 is 1.53 bits per heavy atom. The Kier molecular flexibility index (Phi) is 4.14. The van der Waals surface area contributed by atoms with Gasteiger partial charge in [0.05, 0.1) is 24.0 Å². The van der Waals surface area contributed by atoms with E-state index in [1.54, 1.807) is 6.92 Å². The van der Waals surface area contributed by atoms with E-state index < -0.39 is 22.4 Å². The molecule has 0 fully saturated rings. The molecule has 1 rings (SSSR count). The number of rotatable bonds is 4. The largest absolute Gasteiger partial charge is 0.466 e. The molecule has 0 atom stereocenters. The average molecular weight is 241 g/mol. The van der Waals surface area contributed by atoms with Crippen LogP contribution >= 0.6 is 0 Å². The van der Waals surface area contributed by atoms with Crippen molar-refractivity contribution >= 4 is 11.7 Å². The normalized spacial score (nSPS) is 10.1. The SMILES string of the molecule is CCOC(=O)Cc1cc(C)c(F)cc1[N+](=O)[O-]. The Morgan fingerprint density at radius 2 is 2.18 bits per heavy atom. The third kappa shape index (κ3) is 3.24. The van der Waals surface area contributed by atoms with Crippen molar-refractivity contribution in [3.05, 3.63) is 39.2 Å². The fraction of sp³-hybridized carbons (Fsp3) is 0.364. The maximum Gasteiger partial charge on any atom is 0.310 e. The minimum absolute atomic E-state index is 0.160. The molecule has 1 aromatic carbocycles. The van der Waals surface area contributed by atoms with E-state index in [-0.39, 0.29) is 24.2 Å². The van der Waals surface area contributed by atoms with E-state index in [1.165, 1.54) is 13.0 Å². The highest BCUT2D eigenvalue weighted by Crippen LogP contribution is 2.23. The van der Waals surface area contributed by atoms with Crippen LogP contribution in [0, 0.1) is 22.9 Å². The van der Waals surface area contributed by atoms with Crippen LogP contribution in [0.25, 0.3) is 0 Å². The van der Waals surface area contributed by atoms with E-state index in [2.05, 4.69) is 0 Å². The Labute approximate surface area is 97.3 Å². The van der Waals surface area contributed by atoms with Gasteiger partial charge in [0.2, 0.25) is 0 Å². The van der Waals surface area contributed by atoms with Gasteiger partial charge in [-0.25, -0.2) is 4.39 Å². The molecule has 0 spiro atoms. The van der Waals surface area contributed by atoms with E-state index in [4.69, 9.17) is 4.74 Å². The number of aryl methyl sites for hydroxylation is 1. The van der Waals surface area contributed by atoms with Gasteiger partial charge in [-0.3, -0.25) is 14.9 Å². The summed E-state index contributed by atoms with van der Waals surface area (Å²) >= 11 is 0. The van der Waals surface area contributed by atoms with Crippen LogP contribution < -0.4 is 0 Å². The van der Waals surface area contributed by atoms with Gasteiger partial charge in [0, 0.05) is 5.56 Å². The summed E-state index contributed by atoms with van der Waals surface area (Å²) in [6.07, 6.45) is -0.231. The molecule has 0 N–H and O–H groups in total. The number of ether oxygens (including phenoxy) is 1. The van der Waals surface area contributed by atoms with Gasteiger partial charge in [-0.15, -0.1) is 0 Å². The van der Waals surface area contributed by atoms with E-state index in [9.17, 15) is 19.3 Å². The Balaban J connectivity index is 3.08. The lowest BCUT2D eigenvalue weighted by molar-refractivity contribution is -0.385. The number of hydrogen-bond donors (Lipinski definition) is 0. The molecule has 92 valence electrons. The highest BCUT2D eigenvalue weighted by atomic mass is 19.1. The highest BCUT2D eigenvalue weighted by molar-refractivity contribution is 5.74. The topological polar surface area (TPSA) is 69.4 Å². The van der Waals surface area contributed by atoms with Gasteiger partial charge >= 0.3 is 5.97 Å². The molecule has 0 aliphatic rings. The number of carbonyl (C=O) groups is 1. The standard InChI is InChI=1S/C11H12FNO4/c1-3-17-11(14)5-8-4-7(2)9(12)6-10(8)13(15)16/h4,6H,3,5H2,1-2H3. The average Bonchev–Trinajstić information content (AvgIpc) is 2.23. The molecule has 0 saturated carbocycles. The number of nitro benzene ring substituents is 1. The molecule has 0 radical (unpaired) electrons. The minimum atomic E-state index is -0.711. The summed E-state index contributed by atoms with van der Waals surface area (Å²) in [6.45, 7) is 3.32. The fourth-order valence-electron chi connectivity index (χ4n) is 1.41. The van der Waals surface area contributed by atoms with Gasteiger partial charge in [0.1, 0.15) is 5.82 Å². The maximum absolute atomic E-state index is 13.2. The molecule has 0 aliphatic carbocycles. The second kappa shape index (κ2) is 5.38. The van der Waals surface area contributed by atoms with E-state index in [0.29, 0.717) is 0 Å². The van der Waals surface area contributed by atoms with E-state index in [0.717, 1.165) is 6.07 Å². The molecule has 0 saturated heterocycles. The number of carbonyl (C=O) groups excluding carboxylic acids is 1. The van der Waals surface area contributed by atoms with Crippen molar-refractivity contribution in [2.24, 2.45) is 0 Å². The molecule has 0 heterocycles. The minimum Gasteiger partial charge on any atom is -0.466 e. The fourth-order valence-corrected chi connectivity index (χ4v) is 1.41. The van der Waals surface area contributed by atoms with Crippen molar-refractivity contribution in [3.8, 4) is 0 Å². The number of hydrogen-bond acceptors (Lipinski definition) is 4. The van der Waals surface area contributed by atoms with Crippen LogP contribution in [0.15, 0.2) is 12.1 Å². The Morgan fingerprint density at radius 3 is 2.71 bits per heavy atom. The summed E-state index contributed by atoms with van der Waals surface area (Å²) in [4.78, 5) is 21.2. The zero-order chi connectivity index (χ0) is 13.0. The van der Waals surface area contributed by atoms with Crippen molar-refractivity contribution in [2.45, 2.75) is 20.3 Å². The third-order valence-electron chi connectivity index (χ3n) is 2.20. The van der Waals surface area contributed by atoms with Crippen molar-refractivity contribution in [1.82, 2.24) is 0 Å². The Bertz CT molecular complexity index is 459. The number of benzene rings is 1. The zero-order valence-corrected chi connectivity index (χ0v) is 9.53.